The average Bonchev–Trinajstić information content (AvgIpc) is 2.18. The lowest BCUT2D eigenvalue weighted by atomic mass is 10.1. The molecule has 2 N–H and O–H groups in total. The number of aliphatic hydroxyl groups excluding tert-OH is 1. The first-order valence-corrected chi connectivity index (χ1v) is 4.88. The van der Waals surface area contributed by atoms with Gasteiger partial charge in [-0.15, -0.1) is 0 Å². The number of hydrogen-bond acceptors (Lipinski definition) is 2. The minimum absolute atomic E-state index is 0.308. The van der Waals surface area contributed by atoms with Crippen LogP contribution in [0.2, 0.25) is 0 Å². The summed E-state index contributed by atoms with van der Waals surface area (Å²) in [7, 11) is 0. The summed E-state index contributed by atoms with van der Waals surface area (Å²) in [6.45, 7) is 3.39. The Morgan fingerprint density at radius 2 is 2.29 bits per heavy atom. The van der Waals surface area contributed by atoms with Gasteiger partial charge in [-0.05, 0) is 30.7 Å². The van der Waals surface area contributed by atoms with Gasteiger partial charge in [-0.3, -0.25) is 0 Å². The van der Waals surface area contributed by atoms with Crippen LogP contribution in [0.3, 0.4) is 0 Å². The van der Waals surface area contributed by atoms with Gasteiger partial charge in [-0.25, -0.2) is 4.39 Å². The molecule has 1 aromatic carbocycles. The molecule has 0 amide bonds. The number of aliphatic hydroxyl groups is 1. The molecule has 0 radical (unpaired) electrons. The van der Waals surface area contributed by atoms with Crippen molar-refractivity contribution in [3.63, 3.8) is 0 Å². The van der Waals surface area contributed by atoms with Crippen LogP contribution in [0, 0.1) is 5.82 Å². The predicted octanol–water partition coefficient (Wildman–Crippen LogP) is 1.86. The third-order valence-electron chi connectivity index (χ3n) is 2.00. The van der Waals surface area contributed by atoms with E-state index in [2.05, 4.69) is 12.2 Å². The molecule has 2 nitrogen and oxygen atoms in total. The Kier molecular flexibility index (Phi) is 4.56. The van der Waals surface area contributed by atoms with Gasteiger partial charge in [0.15, 0.2) is 0 Å². The van der Waals surface area contributed by atoms with Crippen LogP contribution < -0.4 is 5.32 Å². The molecule has 0 aliphatic rings. The fourth-order valence-corrected chi connectivity index (χ4v) is 1.25. The fourth-order valence-electron chi connectivity index (χ4n) is 1.25. The highest BCUT2D eigenvalue weighted by atomic mass is 19.1. The van der Waals surface area contributed by atoms with Crippen molar-refractivity contribution in [3.05, 3.63) is 35.6 Å². The molecule has 1 aromatic rings. The molecule has 0 fully saturated rings. The highest BCUT2D eigenvalue weighted by molar-refractivity contribution is 5.18. The van der Waals surface area contributed by atoms with E-state index in [1.165, 1.54) is 12.1 Å². The standard InChI is InChI=1S/C11H16FNO/c1-2-6-13-8-11(14)9-4-3-5-10(12)7-9/h3-5,7,11,13-14H,2,6,8H2,1H3. The van der Waals surface area contributed by atoms with Gasteiger partial charge in [0.1, 0.15) is 5.82 Å². The van der Waals surface area contributed by atoms with Crippen molar-refractivity contribution < 1.29 is 9.50 Å². The van der Waals surface area contributed by atoms with Crippen molar-refractivity contribution in [2.75, 3.05) is 13.1 Å². The molecule has 1 atom stereocenters. The monoisotopic (exact) mass is 197 g/mol. The smallest absolute Gasteiger partial charge is 0.123 e. The summed E-state index contributed by atoms with van der Waals surface area (Å²) in [5, 5.41) is 12.7. The second-order valence-corrected chi connectivity index (χ2v) is 3.27. The lowest BCUT2D eigenvalue weighted by molar-refractivity contribution is 0.174. The molecule has 0 saturated carbocycles. The molecule has 0 heterocycles. The second-order valence-electron chi connectivity index (χ2n) is 3.27. The maximum Gasteiger partial charge on any atom is 0.123 e. The van der Waals surface area contributed by atoms with E-state index in [9.17, 15) is 9.50 Å². The Balaban J connectivity index is 2.47. The van der Waals surface area contributed by atoms with Crippen molar-refractivity contribution in [3.8, 4) is 0 Å². The Bertz CT molecular complexity index is 278. The zero-order chi connectivity index (χ0) is 10.4. The van der Waals surface area contributed by atoms with Gasteiger partial charge < -0.3 is 10.4 Å². The highest BCUT2D eigenvalue weighted by Crippen LogP contribution is 2.12. The Morgan fingerprint density at radius 3 is 2.93 bits per heavy atom. The van der Waals surface area contributed by atoms with Crippen LogP contribution >= 0.6 is 0 Å². The number of rotatable bonds is 5. The van der Waals surface area contributed by atoms with E-state index in [0.717, 1.165) is 13.0 Å². The minimum atomic E-state index is -0.628. The van der Waals surface area contributed by atoms with Gasteiger partial charge in [0.05, 0.1) is 6.10 Å². The predicted molar refractivity (Wildman–Crippen MR) is 54.5 cm³/mol. The summed E-state index contributed by atoms with van der Waals surface area (Å²) in [6.07, 6.45) is 0.396. The Labute approximate surface area is 83.8 Å². The second kappa shape index (κ2) is 5.73. The van der Waals surface area contributed by atoms with Crippen molar-refractivity contribution >= 4 is 0 Å². The third-order valence-corrected chi connectivity index (χ3v) is 2.00. The molecule has 14 heavy (non-hydrogen) atoms. The van der Waals surface area contributed by atoms with Crippen LogP contribution in [-0.2, 0) is 0 Å². The number of benzene rings is 1. The Morgan fingerprint density at radius 1 is 1.50 bits per heavy atom. The first-order valence-electron chi connectivity index (χ1n) is 4.88. The highest BCUT2D eigenvalue weighted by Gasteiger charge is 2.06. The number of nitrogens with one attached hydrogen (secondary N) is 1. The third kappa shape index (κ3) is 3.44. The first-order chi connectivity index (χ1) is 6.74. The van der Waals surface area contributed by atoms with E-state index in [0.29, 0.717) is 12.1 Å². The van der Waals surface area contributed by atoms with E-state index in [-0.39, 0.29) is 5.82 Å². The zero-order valence-corrected chi connectivity index (χ0v) is 8.33. The number of halogens is 1. The summed E-state index contributed by atoms with van der Waals surface area (Å²) >= 11 is 0. The van der Waals surface area contributed by atoms with E-state index in [1.807, 2.05) is 0 Å². The molecule has 0 aliphatic heterocycles. The fraction of sp³-hybridized carbons (Fsp3) is 0.455. The average molecular weight is 197 g/mol. The first kappa shape index (κ1) is 11.1. The molecule has 78 valence electrons. The van der Waals surface area contributed by atoms with Gasteiger partial charge in [-0.2, -0.15) is 0 Å². The molecule has 0 bridgehead atoms. The number of hydrogen-bond donors (Lipinski definition) is 2. The summed E-state index contributed by atoms with van der Waals surface area (Å²) in [5.41, 5.74) is 0.619. The molecule has 3 heteroatoms. The van der Waals surface area contributed by atoms with Crippen LogP contribution in [0.1, 0.15) is 25.0 Å². The quantitative estimate of drug-likeness (QED) is 0.706. The topological polar surface area (TPSA) is 32.3 Å². The maximum atomic E-state index is 12.8. The van der Waals surface area contributed by atoms with Gasteiger partial charge in [0.25, 0.3) is 0 Å². The summed E-state index contributed by atoms with van der Waals surface area (Å²) in [5.74, 6) is -0.308. The molecular weight excluding hydrogens is 181 g/mol. The summed E-state index contributed by atoms with van der Waals surface area (Å²) in [6, 6.07) is 6.06. The van der Waals surface area contributed by atoms with E-state index in [4.69, 9.17) is 0 Å². The van der Waals surface area contributed by atoms with Crippen LogP contribution in [0.25, 0.3) is 0 Å². The lowest BCUT2D eigenvalue weighted by Gasteiger charge is -2.11. The largest absolute Gasteiger partial charge is 0.387 e. The van der Waals surface area contributed by atoms with Gasteiger partial charge in [-0.1, -0.05) is 19.1 Å². The minimum Gasteiger partial charge on any atom is -0.387 e. The molecule has 1 unspecified atom stereocenters. The van der Waals surface area contributed by atoms with Gasteiger partial charge >= 0.3 is 0 Å². The lowest BCUT2D eigenvalue weighted by Crippen LogP contribution is -2.22. The van der Waals surface area contributed by atoms with Crippen molar-refractivity contribution in [2.24, 2.45) is 0 Å². The molecule has 0 saturated heterocycles. The SMILES string of the molecule is CCCNCC(O)c1cccc(F)c1. The van der Waals surface area contributed by atoms with Gasteiger partial charge in [0.2, 0.25) is 0 Å². The normalized spacial score (nSPS) is 12.8. The molecule has 1 rings (SSSR count). The molecule has 0 spiro atoms. The van der Waals surface area contributed by atoms with Crippen molar-refractivity contribution in [1.82, 2.24) is 5.32 Å². The molecular formula is C11H16FNO. The molecule has 0 aromatic heterocycles. The maximum absolute atomic E-state index is 12.8. The van der Waals surface area contributed by atoms with Crippen LogP contribution in [0.15, 0.2) is 24.3 Å². The summed E-state index contributed by atoms with van der Waals surface area (Å²) in [4.78, 5) is 0. The van der Waals surface area contributed by atoms with Crippen LogP contribution in [-0.4, -0.2) is 18.2 Å². The van der Waals surface area contributed by atoms with Gasteiger partial charge in [0, 0.05) is 6.54 Å². The van der Waals surface area contributed by atoms with Crippen LogP contribution in [0.5, 0.6) is 0 Å². The molecule has 0 aliphatic carbocycles. The Hall–Kier alpha value is -0.930. The summed E-state index contributed by atoms with van der Waals surface area (Å²) < 4.78 is 12.8. The van der Waals surface area contributed by atoms with E-state index < -0.39 is 6.10 Å². The van der Waals surface area contributed by atoms with E-state index in [1.54, 1.807) is 12.1 Å². The van der Waals surface area contributed by atoms with E-state index >= 15 is 0 Å². The van der Waals surface area contributed by atoms with Crippen molar-refractivity contribution in [2.45, 2.75) is 19.4 Å². The van der Waals surface area contributed by atoms with Crippen LogP contribution in [0.4, 0.5) is 4.39 Å². The van der Waals surface area contributed by atoms with Crippen molar-refractivity contribution in [1.29, 1.82) is 0 Å². The zero-order valence-electron chi connectivity index (χ0n) is 8.33.